The lowest BCUT2D eigenvalue weighted by Crippen LogP contribution is -2.46. The largest absolute Gasteiger partial charge is 0.381 e. The van der Waals surface area contributed by atoms with Gasteiger partial charge in [-0.1, -0.05) is 61.9 Å². The molecule has 0 aromatic heterocycles. The van der Waals surface area contributed by atoms with E-state index in [2.05, 4.69) is 34.6 Å². The summed E-state index contributed by atoms with van der Waals surface area (Å²) in [6.07, 6.45) is 6.67. The van der Waals surface area contributed by atoms with Crippen LogP contribution >= 0.6 is 0 Å². The summed E-state index contributed by atoms with van der Waals surface area (Å²) >= 11 is 0. The Morgan fingerprint density at radius 2 is 1.68 bits per heavy atom. The number of benzene rings is 2. The number of amides is 2. The van der Waals surface area contributed by atoms with E-state index >= 15 is 0 Å². The lowest BCUT2D eigenvalue weighted by molar-refractivity contribution is 0.121. The van der Waals surface area contributed by atoms with Crippen LogP contribution in [0.2, 0.25) is 0 Å². The average Bonchev–Trinajstić information content (AvgIpc) is 2.80. The molecule has 0 unspecified atom stereocenters. The molecule has 0 spiro atoms. The zero-order chi connectivity index (χ0) is 21.7. The molecule has 1 aliphatic rings. The summed E-state index contributed by atoms with van der Waals surface area (Å²) in [7, 11) is 0. The zero-order valence-corrected chi connectivity index (χ0v) is 18.8. The van der Waals surface area contributed by atoms with Crippen molar-refractivity contribution in [1.29, 1.82) is 0 Å². The van der Waals surface area contributed by atoms with Gasteiger partial charge in [0, 0.05) is 37.9 Å². The SMILES string of the molecule is CCCCOCCCCN1CCC(NC(=O)Nc2ccccc2-c2ccccc2)CC1. The number of nitrogens with zero attached hydrogens (tertiary/aromatic N) is 1. The maximum Gasteiger partial charge on any atom is 0.319 e. The first-order chi connectivity index (χ1) is 15.3. The molecular formula is C26H37N3O2. The van der Waals surface area contributed by atoms with Gasteiger partial charge in [0.05, 0.1) is 5.69 Å². The molecule has 5 heteroatoms. The zero-order valence-electron chi connectivity index (χ0n) is 18.8. The highest BCUT2D eigenvalue weighted by Gasteiger charge is 2.20. The molecule has 0 radical (unpaired) electrons. The smallest absolute Gasteiger partial charge is 0.319 e. The minimum Gasteiger partial charge on any atom is -0.381 e. The Morgan fingerprint density at radius 1 is 0.968 bits per heavy atom. The van der Waals surface area contributed by atoms with Crippen LogP contribution in [0.5, 0.6) is 0 Å². The van der Waals surface area contributed by atoms with Gasteiger partial charge in [-0.2, -0.15) is 0 Å². The summed E-state index contributed by atoms with van der Waals surface area (Å²) in [5.74, 6) is 0. The molecule has 2 N–H and O–H groups in total. The van der Waals surface area contributed by atoms with E-state index < -0.39 is 0 Å². The fraction of sp³-hybridized carbons (Fsp3) is 0.500. The van der Waals surface area contributed by atoms with E-state index in [4.69, 9.17) is 4.74 Å². The molecule has 0 atom stereocenters. The Balaban J connectivity index is 1.37. The maximum atomic E-state index is 12.6. The van der Waals surface area contributed by atoms with E-state index in [1.165, 1.54) is 12.8 Å². The van der Waals surface area contributed by atoms with Crippen LogP contribution in [0.1, 0.15) is 45.4 Å². The van der Waals surface area contributed by atoms with E-state index in [1.807, 2.05) is 42.5 Å². The van der Waals surface area contributed by atoms with Gasteiger partial charge in [0.25, 0.3) is 0 Å². The second kappa shape index (κ2) is 13.1. The number of hydrogen-bond donors (Lipinski definition) is 2. The van der Waals surface area contributed by atoms with Gasteiger partial charge in [-0.15, -0.1) is 0 Å². The number of ether oxygens (including phenoxy) is 1. The van der Waals surface area contributed by atoms with Crippen LogP contribution in [0.25, 0.3) is 11.1 Å². The van der Waals surface area contributed by atoms with Gasteiger partial charge < -0.3 is 20.3 Å². The van der Waals surface area contributed by atoms with Crippen LogP contribution < -0.4 is 10.6 Å². The number of nitrogens with one attached hydrogen (secondary N) is 2. The van der Waals surface area contributed by atoms with Crippen LogP contribution in [0.3, 0.4) is 0 Å². The number of hydrogen-bond acceptors (Lipinski definition) is 3. The normalized spacial score (nSPS) is 15.0. The fourth-order valence-electron chi connectivity index (χ4n) is 3.99. The van der Waals surface area contributed by atoms with Crippen molar-refractivity contribution >= 4 is 11.7 Å². The molecule has 0 saturated carbocycles. The van der Waals surface area contributed by atoms with E-state index in [-0.39, 0.29) is 12.1 Å². The van der Waals surface area contributed by atoms with Gasteiger partial charge >= 0.3 is 6.03 Å². The summed E-state index contributed by atoms with van der Waals surface area (Å²) in [6.45, 7) is 7.17. The highest BCUT2D eigenvalue weighted by molar-refractivity contribution is 5.94. The lowest BCUT2D eigenvalue weighted by Gasteiger charge is -2.32. The van der Waals surface area contributed by atoms with Crippen molar-refractivity contribution in [1.82, 2.24) is 10.2 Å². The maximum absolute atomic E-state index is 12.6. The molecule has 1 saturated heterocycles. The number of likely N-dealkylation sites (tertiary alicyclic amines) is 1. The van der Waals surface area contributed by atoms with E-state index in [0.717, 1.165) is 75.3 Å². The Morgan fingerprint density at radius 3 is 2.45 bits per heavy atom. The van der Waals surface area contributed by atoms with E-state index in [1.54, 1.807) is 0 Å². The molecule has 1 fully saturated rings. The summed E-state index contributed by atoms with van der Waals surface area (Å²) in [5, 5.41) is 6.22. The number of carbonyl (C=O) groups excluding carboxylic acids is 1. The Kier molecular flexibility index (Phi) is 9.87. The number of anilines is 1. The third-order valence-corrected chi connectivity index (χ3v) is 5.84. The number of piperidine rings is 1. The van der Waals surface area contributed by atoms with Crippen molar-refractivity contribution in [3.05, 3.63) is 54.6 Å². The molecule has 1 heterocycles. The van der Waals surface area contributed by atoms with E-state index in [9.17, 15) is 4.79 Å². The Labute approximate surface area is 187 Å². The summed E-state index contributed by atoms with van der Waals surface area (Å²) in [5.41, 5.74) is 2.97. The number of urea groups is 1. The summed E-state index contributed by atoms with van der Waals surface area (Å²) in [4.78, 5) is 15.1. The molecule has 31 heavy (non-hydrogen) atoms. The Hall–Kier alpha value is -2.37. The standard InChI is InChI=1S/C26H37N3O2/c1-2-3-20-31-21-10-9-17-29-18-15-23(16-19-29)27-26(30)28-25-14-8-7-13-24(25)22-11-5-4-6-12-22/h4-8,11-14,23H,2-3,9-10,15-21H2,1H3,(H2,27,28,30). The van der Waals surface area contributed by atoms with Crippen LogP contribution in [0, 0.1) is 0 Å². The van der Waals surface area contributed by atoms with Crippen LogP contribution in [-0.4, -0.2) is 49.8 Å². The summed E-state index contributed by atoms with van der Waals surface area (Å²) in [6, 6.07) is 18.2. The van der Waals surface area contributed by atoms with Crippen molar-refractivity contribution in [2.45, 2.75) is 51.5 Å². The minimum atomic E-state index is -0.119. The van der Waals surface area contributed by atoms with E-state index in [0.29, 0.717) is 0 Å². The van der Waals surface area contributed by atoms with Gasteiger partial charge in [0.2, 0.25) is 0 Å². The fourth-order valence-corrected chi connectivity index (χ4v) is 3.99. The first-order valence-corrected chi connectivity index (χ1v) is 11.8. The molecule has 1 aliphatic heterocycles. The molecular weight excluding hydrogens is 386 g/mol. The molecule has 3 rings (SSSR count). The average molecular weight is 424 g/mol. The van der Waals surface area contributed by atoms with Gasteiger partial charge in [-0.3, -0.25) is 0 Å². The third kappa shape index (κ3) is 8.00. The number of para-hydroxylation sites is 1. The highest BCUT2D eigenvalue weighted by Crippen LogP contribution is 2.27. The topological polar surface area (TPSA) is 53.6 Å². The molecule has 2 amide bonds. The number of carbonyl (C=O) groups is 1. The van der Waals surface area contributed by atoms with Gasteiger partial charge in [0.1, 0.15) is 0 Å². The van der Waals surface area contributed by atoms with Gasteiger partial charge in [-0.25, -0.2) is 4.79 Å². The molecule has 0 bridgehead atoms. The second-order valence-electron chi connectivity index (χ2n) is 8.30. The predicted molar refractivity (Wildman–Crippen MR) is 128 cm³/mol. The monoisotopic (exact) mass is 423 g/mol. The molecule has 0 aliphatic carbocycles. The highest BCUT2D eigenvalue weighted by atomic mass is 16.5. The third-order valence-electron chi connectivity index (χ3n) is 5.84. The minimum absolute atomic E-state index is 0.119. The van der Waals surface area contributed by atoms with Crippen molar-refractivity contribution in [2.24, 2.45) is 0 Å². The van der Waals surface area contributed by atoms with Crippen LogP contribution in [-0.2, 0) is 4.74 Å². The quantitative estimate of drug-likeness (QED) is 0.467. The lowest BCUT2D eigenvalue weighted by atomic mass is 10.0. The summed E-state index contributed by atoms with van der Waals surface area (Å²) < 4.78 is 5.64. The molecule has 2 aromatic carbocycles. The van der Waals surface area contributed by atoms with Crippen molar-refractivity contribution in [2.75, 3.05) is 38.2 Å². The van der Waals surface area contributed by atoms with Crippen LogP contribution in [0.15, 0.2) is 54.6 Å². The predicted octanol–water partition coefficient (Wildman–Crippen LogP) is 5.54. The molecule has 168 valence electrons. The van der Waals surface area contributed by atoms with Crippen molar-refractivity contribution < 1.29 is 9.53 Å². The number of unbranched alkanes of at least 4 members (excludes halogenated alkanes) is 2. The first kappa shape index (κ1) is 23.3. The van der Waals surface area contributed by atoms with Gasteiger partial charge in [-0.05, 0) is 50.3 Å². The Bertz CT molecular complexity index is 773. The second-order valence-corrected chi connectivity index (χ2v) is 8.30. The van der Waals surface area contributed by atoms with Crippen molar-refractivity contribution in [3.63, 3.8) is 0 Å². The van der Waals surface area contributed by atoms with Crippen LogP contribution in [0.4, 0.5) is 10.5 Å². The van der Waals surface area contributed by atoms with Gasteiger partial charge in [0.15, 0.2) is 0 Å². The molecule has 5 nitrogen and oxygen atoms in total. The molecule has 2 aromatic rings. The first-order valence-electron chi connectivity index (χ1n) is 11.8. The van der Waals surface area contributed by atoms with Crippen molar-refractivity contribution in [3.8, 4) is 11.1 Å². The number of rotatable bonds is 11.